The molecular weight excluding hydrogens is 246 g/mol. The molecule has 1 aliphatic heterocycles. The Bertz CT molecular complexity index is 442. The highest BCUT2D eigenvalue weighted by atomic mass is 35.5. The minimum atomic E-state index is -0.828. The second-order valence-corrected chi connectivity index (χ2v) is 4.45. The molecule has 0 radical (unpaired) electrons. The van der Waals surface area contributed by atoms with E-state index >= 15 is 0 Å². The molecular formula is C11H12ClNO4. The summed E-state index contributed by atoms with van der Waals surface area (Å²) in [5.74, 6) is -0.996. The first-order chi connectivity index (χ1) is 8.08. The van der Waals surface area contributed by atoms with Crippen LogP contribution in [0.3, 0.4) is 0 Å². The Morgan fingerprint density at radius 2 is 2.35 bits per heavy atom. The first-order valence-electron chi connectivity index (χ1n) is 5.32. The third-order valence-corrected chi connectivity index (χ3v) is 3.18. The molecule has 0 aliphatic carbocycles. The van der Waals surface area contributed by atoms with Gasteiger partial charge in [0.15, 0.2) is 0 Å². The van der Waals surface area contributed by atoms with Gasteiger partial charge in [0.1, 0.15) is 0 Å². The van der Waals surface area contributed by atoms with Crippen LogP contribution in [0.5, 0.6) is 0 Å². The molecule has 0 saturated carbocycles. The van der Waals surface area contributed by atoms with Crippen molar-refractivity contribution in [3.05, 3.63) is 23.1 Å². The van der Waals surface area contributed by atoms with Gasteiger partial charge >= 0.3 is 5.97 Å². The third kappa shape index (κ3) is 2.61. The summed E-state index contributed by atoms with van der Waals surface area (Å²) in [7, 11) is 0. The van der Waals surface area contributed by atoms with Gasteiger partial charge in [-0.1, -0.05) is 0 Å². The lowest BCUT2D eigenvalue weighted by Crippen LogP contribution is -2.28. The van der Waals surface area contributed by atoms with Crippen LogP contribution in [-0.4, -0.2) is 35.0 Å². The maximum absolute atomic E-state index is 12.0. The van der Waals surface area contributed by atoms with Crippen LogP contribution in [-0.2, 0) is 4.79 Å². The summed E-state index contributed by atoms with van der Waals surface area (Å²) in [6.45, 7) is 1.03. The van der Waals surface area contributed by atoms with Crippen LogP contribution in [0, 0.1) is 5.92 Å². The molecule has 2 heterocycles. The molecule has 1 atom stereocenters. The molecule has 17 heavy (non-hydrogen) atoms. The summed E-state index contributed by atoms with van der Waals surface area (Å²) in [5, 5.41) is 8.77. The summed E-state index contributed by atoms with van der Waals surface area (Å²) in [5.41, 5.74) is 0.336. The minimum Gasteiger partial charge on any atom is -0.481 e. The predicted molar refractivity (Wildman–Crippen MR) is 60.0 cm³/mol. The fraction of sp³-hybridized carbons (Fsp3) is 0.455. The van der Waals surface area contributed by atoms with Gasteiger partial charge in [0.05, 0.1) is 11.8 Å². The van der Waals surface area contributed by atoms with E-state index in [-0.39, 0.29) is 23.5 Å². The zero-order valence-electron chi connectivity index (χ0n) is 9.06. The lowest BCUT2D eigenvalue weighted by Gasteiger charge is -2.15. The summed E-state index contributed by atoms with van der Waals surface area (Å²) in [6.07, 6.45) is 2.18. The van der Waals surface area contributed by atoms with Crippen LogP contribution in [0.15, 0.2) is 16.7 Å². The van der Waals surface area contributed by atoms with Gasteiger partial charge in [-0.2, -0.15) is 0 Å². The van der Waals surface area contributed by atoms with E-state index in [9.17, 15) is 9.59 Å². The molecule has 1 N–H and O–H groups in total. The van der Waals surface area contributed by atoms with E-state index in [1.165, 1.54) is 12.3 Å². The molecule has 1 amide bonds. The molecule has 1 aromatic heterocycles. The number of carboxylic acid groups (broad SMARTS) is 1. The number of carbonyl (C=O) groups excluding carboxylic acids is 1. The Morgan fingerprint density at radius 3 is 2.94 bits per heavy atom. The number of hydrogen-bond donors (Lipinski definition) is 1. The number of nitrogens with zero attached hydrogens (tertiary/aromatic N) is 1. The van der Waals surface area contributed by atoms with Crippen LogP contribution >= 0.6 is 11.6 Å². The lowest BCUT2D eigenvalue weighted by atomic mass is 10.1. The van der Waals surface area contributed by atoms with Crippen LogP contribution < -0.4 is 0 Å². The average molecular weight is 258 g/mol. The average Bonchev–Trinajstić information content (AvgIpc) is 2.85. The maximum atomic E-state index is 12.0. The Balaban J connectivity index is 1.99. The monoisotopic (exact) mass is 257 g/mol. The van der Waals surface area contributed by atoms with Gasteiger partial charge in [-0.3, -0.25) is 9.59 Å². The molecule has 1 aromatic rings. The SMILES string of the molecule is O=C(O)CC1CCN(C(=O)c2ccoc2Cl)C1. The third-order valence-electron chi connectivity index (χ3n) is 2.88. The highest BCUT2D eigenvalue weighted by Gasteiger charge is 2.29. The first kappa shape index (κ1) is 12.0. The number of halogens is 1. The number of furan rings is 1. The van der Waals surface area contributed by atoms with Gasteiger partial charge in [0.25, 0.3) is 5.91 Å². The van der Waals surface area contributed by atoms with E-state index in [1.54, 1.807) is 4.90 Å². The van der Waals surface area contributed by atoms with Crippen molar-refractivity contribution >= 4 is 23.5 Å². The summed E-state index contributed by atoms with van der Waals surface area (Å²) < 4.78 is 4.86. The highest BCUT2D eigenvalue weighted by molar-refractivity contribution is 6.32. The van der Waals surface area contributed by atoms with Crippen LogP contribution in [0.4, 0.5) is 0 Å². The Kier molecular flexibility index (Phi) is 3.38. The smallest absolute Gasteiger partial charge is 0.303 e. The van der Waals surface area contributed by atoms with Gasteiger partial charge in [-0.05, 0) is 30.0 Å². The van der Waals surface area contributed by atoms with E-state index in [4.69, 9.17) is 21.1 Å². The van der Waals surface area contributed by atoms with E-state index in [2.05, 4.69) is 0 Å². The lowest BCUT2D eigenvalue weighted by molar-refractivity contribution is -0.138. The molecule has 1 saturated heterocycles. The molecule has 1 fully saturated rings. The molecule has 5 nitrogen and oxygen atoms in total. The van der Waals surface area contributed by atoms with Crippen molar-refractivity contribution in [3.63, 3.8) is 0 Å². The van der Waals surface area contributed by atoms with Gasteiger partial charge in [-0.25, -0.2) is 0 Å². The molecule has 0 aromatic carbocycles. The molecule has 92 valence electrons. The van der Waals surface area contributed by atoms with Gasteiger partial charge in [-0.15, -0.1) is 0 Å². The van der Waals surface area contributed by atoms with Gasteiger partial charge in [0, 0.05) is 19.5 Å². The van der Waals surface area contributed by atoms with E-state index in [0.29, 0.717) is 25.1 Å². The zero-order valence-corrected chi connectivity index (χ0v) is 9.81. The van der Waals surface area contributed by atoms with Gasteiger partial charge in [0.2, 0.25) is 5.22 Å². The van der Waals surface area contributed by atoms with Crippen molar-refractivity contribution in [3.8, 4) is 0 Å². The summed E-state index contributed by atoms with van der Waals surface area (Å²) in [6, 6.07) is 1.52. The highest BCUT2D eigenvalue weighted by Crippen LogP contribution is 2.24. The fourth-order valence-electron chi connectivity index (χ4n) is 2.05. The van der Waals surface area contributed by atoms with Crippen LogP contribution in [0.25, 0.3) is 0 Å². The zero-order chi connectivity index (χ0) is 12.4. The van der Waals surface area contributed by atoms with Crippen molar-refractivity contribution < 1.29 is 19.1 Å². The van der Waals surface area contributed by atoms with E-state index < -0.39 is 5.97 Å². The van der Waals surface area contributed by atoms with E-state index in [1.807, 2.05) is 0 Å². The number of likely N-dealkylation sites (tertiary alicyclic amines) is 1. The number of carboxylic acids is 1. The number of aliphatic carboxylic acids is 1. The van der Waals surface area contributed by atoms with Crippen LogP contribution in [0.2, 0.25) is 5.22 Å². The van der Waals surface area contributed by atoms with Crippen LogP contribution in [0.1, 0.15) is 23.2 Å². The van der Waals surface area contributed by atoms with Gasteiger partial charge < -0.3 is 14.4 Å². The standard InChI is InChI=1S/C11H12ClNO4/c12-10-8(2-4-17-10)11(16)13-3-1-7(6-13)5-9(14)15/h2,4,7H,1,3,5-6H2,(H,14,15). The molecule has 0 spiro atoms. The second kappa shape index (κ2) is 4.79. The first-order valence-corrected chi connectivity index (χ1v) is 5.69. The molecule has 2 rings (SSSR count). The second-order valence-electron chi connectivity index (χ2n) is 4.11. The van der Waals surface area contributed by atoms with E-state index in [0.717, 1.165) is 0 Å². The Morgan fingerprint density at radius 1 is 1.59 bits per heavy atom. The Hall–Kier alpha value is -1.49. The number of amides is 1. The molecule has 1 aliphatic rings. The number of hydrogen-bond acceptors (Lipinski definition) is 3. The largest absolute Gasteiger partial charge is 0.481 e. The maximum Gasteiger partial charge on any atom is 0.303 e. The molecule has 6 heteroatoms. The molecule has 1 unspecified atom stereocenters. The van der Waals surface area contributed by atoms with Crippen molar-refractivity contribution in [1.29, 1.82) is 0 Å². The quantitative estimate of drug-likeness (QED) is 0.897. The summed E-state index contributed by atoms with van der Waals surface area (Å²) in [4.78, 5) is 24.2. The summed E-state index contributed by atoms with van der Waals surface area (Å²) >= 11 is 5.73. The number of rotatable bonds is 3. The topological polar surface area (TPSA) is 70.8 Å². The fourth-order valence-corrected chi connectivity index (χ4v) is 2.24. The van der Waals surface area contributed by atoms with Crippen molar-refractivity contribution in [2.45, 2.75) is 12.8 Å². The number of carbonyl (C=O) groups is 2. The van der Waals surface area contributed by atoms with Crippen molar-refractivity contribution in [1.82, 2.24) is 4.90 Å². The van der Waals surface area contributed by atoms with Crippen molar-refractivity contribution in [2.75, 3.05) is 13.1 Å². The normalized spacial score (nSPS) is 19.6. The molecule has 0 bridgehead atoms. The minimum absolute atomic E-state index is 0.0297. The Labute approximate surface area is 103 Å². The predicted octanol–water partition coefficient (Wildman–Crippen LogP) is 1.87. The van der Waals surface area contributed by atoms with Crippen molar-refractivity contribution in [2.24, 2.45) is 5.92 Å².